The summed E-state index contributed by atoms with van der Waals surface area (Å²) in [6, 6.07) is 0. The monoisotopic (exact) mass is 107 g/mol. The fourth-order valence-corrected chi connectivity index (χ4v) is 1.42. The van der Waals surface area contributed by atoms with Gasteiger partial charge in [-0.15, -0.1) is 12.3 Å². The fourth-order valence-electron chi connectivity index (χ4n) is 1.42. The number of hydrogen-bond acceptors (Lipinski definition) is 1. The molecule has 0 radical (unpaired) electrons. The summed E-state index contributed by atoms with van der Waals surface area (Å²) < 4.78 is 0. The van der Waals surface area contributed by atoms with Crippen LogP contribution >= 0.6 is 0 Å². The molecule has 0 amide bonds. The molecule has 1 aliphatic carbocycles. The summed E-state index contributed by atoms with van der Waals surface area (Å²) in [7, 11) is 0. The molecule has 1 aliphatic heterocycles. The van der Waals surface area contributed by atoms with E-state index in [0.717, 1.165) is 0 Å². The predicted molar refractivity (Wildman–Crippen MR) is 32.2 cm³/mol. The van der Waals surface area contributed by atoms with Gasteiger partial charge >= 0.3 is 0 Å². The maximum absolute atomic E-state index is 5.24. The van der Waals surface area contributed by atoms with Crippen molar-refractivity contribution >= 4 is 0 Å². The molecule has 0 bridgehead atoms. The number of rotatable bonds is 0. The molecule has 42 valence electrons. The van der Waals surface area contributed by atoms with Crippen molar-refractivity contribution in [3.05, 3.63) is 0 Å². The van der Waals surface area contributed by atoms with Gasteiger partial charge in [0.25, 0.3) is 0 Å². The lowest BCUT2D eigenvalue weighted by Crippen LogP contribution is -2.45. The van der Waals surface area contributed by atoms with Gasteiger partial charge in [-0.2, -0.15) is 0 Å². The third-order valence-electron chi connectivity index (χ3n) is 2.35. The molecule has 2 aliphatic rings. The summed E-state index contributed by atoms with van der Waals surface area (Å²) in [4.78, 5) is 0. The summed E-state index contributed by atoms with van der Waals surface area (Å²) in [5, 5.41) is 3.23. The molecule has 1 saturated carbocycles. The molecule has 1 N–H and O–H groups in total. The summed E-state index contributed by atoms with van der Waals surface area (Å²) >= 11 is 0. The van der Waals surface area contributed by atoms with Crippen molar-refractivity contribution in [2.75, 3.05) is 13.1 Å². The minimum absolute atomic E-state index is 0.592. The first-order chi connectivity index (χ1) is 3.87. The highest BCUT2D eigenvalue weighted by Crippen LogP contribution is 2.54. The Balaban J connectivity index is 2.05. The van der Waals surface area contributed by atoms with Gasteiger partial charge in [0, 0.05) is 24.4 Å². The highest BCUT2D eigenvalue weighted by atomic mass is 15.0. The molecule has 1 spiro atoms. The van der Waals surface area contributed by atoms with E-state index in [1.165, 1.54) is 19.5 Å². The molecule has 1 nitrogen and oxygen atoms in total. The van der Waals surface area contributed by atoms with Crippen molar-refractivity contribution in [1.29, 1.82) is 0 Å². The second-order valence-electron chi connectivity index (χ2n) is 2.89. The van der Waals surface area contributed by atoms with Crippen molar-refractivity contribution in [1.82, 2.24) is 5.32 Å². The molecule has 1 unspecified atom stereocenters. The maximum Gasteiger partial charge on any atom is 0.0288 e. The van der Waals surface area contributed by atoms with Gasteiger partial charge in [0.15, 0.2) is 0 Å². The Morgan fingerprint density at radius 1 is 1.62 bits per heavy atom. The predicted octanol–water partition coefficient (Wildman–Crippen LogP) is 0.229. The second kappa shape index (κ2) is 1.09. The standard InChI is InChI=1S/C7H9N/c1-2-6-3-7(6)4-8-5-7/h1,6,8H,3-5H2. The van der Waals surface area contributed by atoms with Crippen LogP contribution in [0, 0.1) is 23.7 Å². The quantitative estimate of drug-likeness (QED) is 0.437. The Hall–Kier alpha value is -0.480. The molecule has 1 atom stereocenters. The van der Waals surface area contributed by atoms with Gasteiger partial charge in [-0.3, -0.25) is 0 Å². The first kappa shape index (κ1) is 4.40. The van der Waals surface area contributed by atoms with Crippen LogP contribution in [0.15, 0.2) is 0 Å². The molecular weight excluding hydrogens is 98.1 g/mol. The summed E-state index contributed by atoms with van der Waals surface area (Å²) in [6.07, 6.45) is 6.52. The van der Waals surface area contributed by atoms with Crippen LogP contribution in [0.25, 0.3) is 0 Å². The van der Waals surface area contributed by atoms with Gasteiger partial charge in [-0.1, -0.05) is 0 Å². The zero-order chi connectivity index (χ0) is 5.61. The smallest absolute Gasteiger partial charge is 0.0288 e. The van der Waals surface area contributed by atoms with Crippen molar-refractivity contribution < 1.29 is 0 Å². The number of terminal acetylenes is 1. The van der Waals surface area contributed by atoms with E-state index in [0.29, 0.717) is 11.3 Å². The molecular formula is C7H9N. The maximum atomic E-state index is 5.24. The molecule has 0 aromatic rings. The molecule has 1 heterocycles. The highest BCUT2D eigenvalue weighted by Gasteiger charge is 2.57. The van der Waals surface area contributed by atoms with E-state index in [9.17, 15) is 0 Å². The van der Waals surface area contributed by atoms with E-state index < -0.39 is 0 Å². The van der Waals surface area contributed by atoms with Crippen LogP contribution in [0.2, 0.25) is 0 Å². The van der Waals surface area contributed by atoms with Crippen LogP contribution in [0.5, 0.6) is 0 Å². The van der Waals surface area contributed by atoms with Gasteiger partial charge < -0.3 is 5.32 Å². The topological polar surface area (TPSA) is 12.0 Å². The van der Waals surface area contributed by atoms with Gasteiger partial charge in [0.2, 0.25) is 0 Å². The lowest BCUT2D eigenvalue weighted by atomic mass is 9.97. The van der Waals surface area contributed by atoms with Crippen LogP contribution in [0.3, 0.4) is 0 Å². The first-order valence-corrected chi connectivity index (χ1v) is 3.04. The fraction of sp³-hybridized carbons (Fsp3) is 0.714. The van der Waals surface area contributed by atoms with Gasteiger partial charge in [0.1, 0.15) is 0 Å². The normalized spacial score (nSPS) is 38.1. The van der Waals surface area contributed by atoms with Crippen LogP contribution in [0.4, 0.5) is 0 Å². The molecule has 1 saturated heterocycles. The van der Waals surface area contributed by atoms with Crippen molar-refractivity contribution in [2.45, 2.75) is 6.42 Å². The SMILES string of the molecule is C#CC1CC12CNC2. The Kier molecular flexibility index (Phi) is 0.598. The van der Waals surface area contributed by atoms with Crippen LogP contribution in [-0.2, 0) is 0 Å². The van der Waals surface area contributed by atoms with Crippen LogP contribution < -0.4 is 5.32 Å². The summed E-state index contributed by atoms with van der Waals surface area (Å²) in [5.41, 5.74) is 0.592. The Morgan fingerprint density at radius 3 is 2.50 bits per heavy atom. The van der Waals surface area contributed by atoms with Crippen molar-refractivity contribution in [2.24, 2.45) is 11.3 Å². The van der Waals surface area contributed by atoms with E-state index in [2.05, 4.69) is 11.2 Å². The average molecular weight is 107 g/mol. The second-order valence-corrected chi connectivity index (χ2v) is 2.89. The molecule has 0 aromatic heterocycles. The largest absolute Gasteiger partial charge is 0.315 e. The summed E-state index contributed by atoms with van der Waals surface area (Å²) in [6.45, 7) is 2.34. The van der Waals surface area contributed by atoms with E-state index in [1.54, 1.807) is 0 Å². The van der Waals surface area contributed by atoms with Gasteiger partial charge in [0.05, 0.1) is 0 Å². The molecule has 8 heavy (non-hydrogen) atoms. The minimum atomic E-state index is 0.592. The van der Waals surface area contributed by atoms with Crippen LogP contribution in [0.1, 0.15) is 6.42 Å². The molecule has 2 fully saturated rings. The van der Waals surface area contributed by atoms with Crippen LogP contribution in [-0.4, -0.2) is 13.1 Å². The highest BCUT2D eigenvalue weighted by molar-refractivity contribution is 5.21. The van der Waals surface area contributed by atoms with Gasteiger partial charge in [-0.05, 0) is 6.42 Å². The average Bonchev–Trinajstić information content (AvgIpc) is 2.36. The Morgan fingerprint density at radius 2 is 2.38 bits per heavy atom. The van der Waals surface area contributed by atoms with Crippen molar-refractivity contribution in [3.8, 4) is 12.3 Å². The van der Waals surface area contributed by atoms with Gasteiger partial charge in [-0.25, -0.2) is 0 Å². The molecule has 0 aromatic carbocycles. The minimum Gasteiger partial charge on any atom is -0.315 e. The van der Waals surface area contributed by atoms with E-state index >= 15 is 0 Å². The van der Waals surface area contributed by atoms with E-state index in [-0.39, 0.29) is 0 Å². The zero-order valence-corrected chi connectivity index (χ0v) is 4.78. The summed E-state index contributed by atoms with van der Waals surface area (Å²) in [5.74, 6) is 3.41. The van der Waals surface area contributed by atoms with E-state index in [1.807, 2.05) is 0 Å². The number of hydrogen-bond donors (Lipinski definition) is 1. The Labute approximate surface area is 49.5 Å². The lowest BCUT2D eigenvalue weighted by Gasteiger charge is -2.27. The third-order valence-corrected chi connectivity index (χ3v) is 2.35. The lowest BCUT2D eigenvalue weighted by molar-refractivity contribution is 0.309. The third kappa shape index (κ3) is 0.329. The van der Waals surface area contributed by atoms with Crippen molar-refractivity contribution in [3.63, 3.8) is 0 Å². The Bertz CT molecular complexity index is 150. The first-order valence-electron chi connectivity index (χ1n) is 3.04. The van der Waals surface area contributed by atoms with E-state index in [4.69, 9.17) is 6.42 Å². The molecule has 2 rings (SSSR count). The molecule has 1 heteroatoms. The zero-order valence-electron chi connectivity index (χ0n) is 4.78. The number of nitrogens with one attached hydrogen (secondary N) is 1.